The number of nitrogens with zero attached hydrogens (tertiary/aromatic N) is 3. The Morgan fingerprint density at radius 2 is 2.00 bits per heavy atom. The van der Waals surface area contributed by atoms with Crippen molar-refractivity contribution in [3.8, 4) is 11.4 Å². The summed E-state index contributed by atoms with van der Waals surface area (Å²) in [6.07, 6.45) is 1.72. The molecule has 0 bridgehead atoms. The van der Waals surface area contributed by atoms with Crippen molar-refractivity contribution >= 4 is 44.3 Å². The smallest absolute Gasteiger partial charge is 0.300 e. The number of aromatic nitrogens is 3. The van der Waals surface area contributed by atoms with E-state index in [9.17, 15) is 4.79 Å². The first-order valence-corrected chi connectivity index (χ1v) is 9.38. The zero-order valence-electron chi connectivity index (χ0n) is 14.3. The van der Waals surface area contributed by atoms with Gasteiger partial charge in [0.25, 0.3) is 11.5 Å². The summed E-state index contributed by atoms with van der Waals surface area (Å²) < 4.78 is 8.26. The molecule has 0 spiro atoms. The molecule has 0 radical (unpaired) electrons. The Hall–Kier alpha value is -2.78. The van der Waals surface area contributed by atoms with Gasteiger partial charge < -0.3 is 9.52 Å². The van der Waals surface area contributed by atoms with Gasteiger partial charge >= 0.3 is 0 Å². The highest BCUT2D eigenvalue weighted by Crippen LogP contribution is 2.25. The van der Waals surface area contributed by atoms with E-state index in [0.29, 0.717) is 21.1 Å². The molecule has 0 saturated heterocycles. The molecule has 138 valence electrons. The number of hydrogen-bond donors (Lipinski definition) is 1. The minimum Gasteiger partial charge on any atom is -0.481 e. The van der Waals surface area contributed by atoms with Crippen LogP contribution < -0.4 is 10.1 Å². The number of halogens is 1. The van der Waals surface area contributed by atoms with E-state index in [0.717, 1.165) is 22.7 Å². The zero-order chi connectivity index (χ0) is 19.6. The molecule has 0 saturated carbocycles. The van der Waals surface area contributed by atoms with E-state index in [4.69, 9.17) is 14.3 Å². The average Bonchev–Trinajstić information content (AvgIpc) is 3.26. The molecule has 0 aliphatic rings. The van der Waals surface area contributed by atoms with Gasteiger partial charge in [0.05, 0.1) is 0 Å². The Bertz CT molecular complexity index is 1220. The molecule has 9 heteroatoms. The van der Waals surface area contributed by atoms with Gasteiger partial charge in [-0.05, 0) is 31.2 Å². The first kappa shape index (κ1) is 19.0. The molecule has 0 unspecified atom stereocenters. The minimum atomic E-state index is -0.833. The maximum atomic E-state index is 12.5. The van der Waals surface area contributed by atoms with Crippen LogP contribution in [0.4, 0.5) is 0 Å². The summed E-state index contributed by atoms with van der Waals surface area (Å²) in [6, 6.07) is 11.3. The van der Waals surface area contributed by atoms with Crippen molar-refractivity contribution in [2.24, 2.45) is 0 Å². The van der Waals surface area contributed by atoms with Crippen molar-refractivity contribution in [2.75, 3.05) is 0 Å². The van der Waals surface area contributed by atoms with Gasteiger partial charge in [-0.15, -0.1) is 5.10 Å². The molecule has 27 heavy (non-hydrogen) atoms. The van der Waals surface area contributed by atoms with Gasteiger partial charge in [-0.3, -0.25) is 9.59 Å². The van der Waals surface area contributed by atoms with Crippen molar-refractivity contribution in [1.82, 2.24) is 14.6 Å². The number of aliphatic carboxylic acids is 1. The SMILES string of the molecule is CC(=O)O.Cc1ccc(/C=c2\sc3nc(-c4ccccc4Br)nn3c2=O)o1. The lowest BCUT2D eigenvalue weighted by Crippen LogP contribution is -2.23. The van der Waals surface area contributed by atoms with Crippen molar-refractivity contribution < 1.29 is 14.3 Å². The molecule has 1 N–H and O–H groups in total. The highest BCUT2D eigenvalue weighted by atomic mass is 79.9. The summed E-state index contributed by atoms with van der Waals surface area (Å²) in [7, 11) is 0. The Morgan fingerprint density at radius 3 is 2.59 bits per heavy atom. The molecular formula is C18H14BrN3O4S. The summed E-state index contributed by atoms with van der Waals surface area (Å²) in [5.74, 6) is 1.15. The summed E-state index contributed by atoms with van der Waals surface area (Å²) in [6.45, 7) is 2.95. The Morgan fingerprint density at radius 1 is 1.30 bits per heavy atom. The van der Waals surface area contributed by atoms with Crippen molar-refractivity contribution in [3.05, 3.63) is 67.3 Å². The van der Waals surface area contributed by atoms with Crippen molar-refractivity contribution in [3.63, 3.8) is 0 Å². The van der Waals surface area contributed by atoms with E-state index in [2.05, 4.69) is 26.0 Å². The van der Waals surface area contributed by atoms with E-state index < -0.39 is 5.97 Å². The molecule has 3 heterocycles. The lowest BCUT2D eigenvalue weighted by atomic mass is 10.2. The summed E-state index contributed by atoms with van der Waals surface area (Å²) >= 11 is 4.77. The van der Waals surface area contributed by atoms with E-state index in [1.807, 2.05) is 43.3 Å². The first-order chi connectivity index (χ1) is 12.8. The third-order valence-corrected chi connectivity index (χ3v) is 4.98. The molecule has 4 aromatic rings. The highest BCUT2D eigenvalue weighted by molar-refractivity contribution is 9.10. The van der Waals surface area contributed by atoms with Crippen LogP contribution in [0.2, 0.25) is 0 Å². The lowest BCUT2D eigenvalue weighted by molar-refractivity contribution is -0.134. The maximum Gasteiger partial charge on any atom is 0.300 e. The fourth-order valence-corrected chi connectivity index (χ4v) is 3.60. The Balaban J connectivity index is 0.000000481. The van der Waals surface area contributed by atoms with Crippen LogP contribution in [-0.4, -0.2) is 25.7 Å². The van der Waals surface area contributed by atoms with Crippen LogP contribution >= 0.6 is 27.3 Å². The standard InChI is InChI=1S/C16H10BrN3O2S.C2H4O2/c1-9-6-7-10(22-9)8-13-15(21)20-16(23-13)18-14(19-20)11-4-2-3-5-12(11)17;1-2(3)4/h2-8H,1H3;1H3,(H,3,4)/b13-8-;. The number of rotatable bonds is 2. The van der Waals surface area contributed by atoms with E-state index in [1.54, 1.807) is 6.08 Å². The van der Waals surface area contributed by atoms with Gasteiger partial charge in [-0.1, -0.05) is 39.4 Å². The normalized spacial score (nSPS) is 11.4. The van der Waals surface area contributed by atoms with Gasteiger partial charge in [-0.2, -0.15) is 9.50 Å². The number of benzene rings is 1. The van der Waals surface area contributed by atoms with Crippen LogP contribution in [0.15, 0.2) is 50.1 Å². The predicted octanol–water partition coefficient (Wildman–Crippen LogP) is 3.12. The summed E-state index contributed by atoms with van der Waals surface area (Å²) in [4.78, 5) is 26.5. The van der Waals surface area contributed by atoms with Crippen molar-refractivity contribution in [2.45, 2.75) is 13.8 Å². The summed E-state index contributed by atoms with van der Waals surface area (Å²) in [5.41, 5.74) is 0.667. The molecule has 0 aliphatic heterocycles. The van der Waals surface area contributed by atoms with Crippen LogP contribution in [0.3, 0.4) is 0 Å². The molecule has 0 aliphatic carbocycles. The van der Waals surface area contributed by atoms with E-state index in [-0.39, 0.29) is 5.56 Å². The average molecular weight is 448 g/mol. The number of thiazole rings is 1. The van der Waals surface area contributed by atoms with Crippen LogP contribution in [0.25, 0.3) is 22.4 Å². The predicted molar refractivity (Wildman–Crippen MR) is 106 cm³/mol. The van der Waals surface area contributed by atoms with Crippen LogP contribution in [0, 0.1) is 6.92 Å². The van der Waals surface area contributed by atoms with Crippen molar-refractivity contribution in [1.29, 1.82) is 0 Å². The number of carboxylic acids is 1. The second kappa shape index (κ2) is 7.85. The third kappa shape index (κ3) is 4.32. The fraction of sp³-hybridized carbons (Fsp3) is 0.111. The monoisotopic (exact) mass is 447 g/mol. The third-order valence-electron chi connectivity index (χ3n) is 3.33. The number of hydrogen-bond acceptors (Lipinski definition) is 6. The number of aryl methyl sites for hydroxylation is 1. The number of furan rings is 1. The Labute approximate surface area is 165 Å². The highest BCUT2D eigenvalue weighted by Gasteiger charge is 2.13. The van der Waals surface area contributed by atoms with E-state index in [1.165, 1.54) is 15.9 Å². The van der Waals surface area contributed by atoms with Gasteiger partial charge in [0.1, 0.15) is 16.1 Å². The van der Waals surface area contributed by atoms with Gasteiger partial charge in [0.2, 0.25) is 4.96 Å². The van der Waals surface area contributed by atoms with E-state index >= 15 is 0 Å². The second-order valence-electron chi connectivity index (χ2n) is 5.49. The number of carbonyl (C=O) groups is 1. The fourth-order valence-electron chi connectivity index (χ4n) is 2.25. The zero-order valence-corrected chi connectivity index (χ0v) is 16.7. The maximum absolute atomic E-state index is 12.5. The molecule has 0 amide bonds. The van der Waals surface area contributed by atoms with Gasteiger partial charge in [-0.25, -0.2) is 0 Å². The molecule has 4 rings (SSSR count). The van der Waals surface area contributed by atoms with Gasteiger partial charge in [0.15, 0.2) is 5.82 Å². The lowest BCUT2D eigenvalue weighted by Gasteiger charge is -1.96. The number of fused-ring (bicyclic) bond motifs is 1. The molecule has 3 aromatic heterocycles. The minimum absolute atomic E-state index is 0.190. The molecule has 7 nitrogen and oxygen atoms in total. The summed E-state index contributed by atoms with van der Waals surface area (Å²) in [5, 5.41) is 11.8. The van der Waals surface area contributed by atoms with Crippen LogP contribution in [-0.2, 0) is 4.79 Å². The van der Waals surface area contributed by atoms with Crippen LogP contribution in [0.1, 0.15) is 18.4 Å². The van der Waals surface area contributed by atoms with Gasteiger partial charge in [0, 0.05) is 23.0 Å². The quantitative estimate of drug-likeness (QED) is 0.506. The molecule has 1 aromatic carbocycles. The first-order valence-electron chi connectivity index (χ1n) is 7.77. The molecule has 0 atom stereocenters. The number of carboxylic acid groups (broad SMARTS) is 1. The Kier molecular flexibility index (Phi) is 5.52. The van der Waals surface area contributed by atoms with Crippen LogP contribution in [0.5, 0.6) is 0 Å². The molecular weight excluding hydrogens is 434 g/mol. The largest absolute Gasteiger partial charge is 0.481 e. The molecule has 0 fully saturated rings. The second-order valence-corrected chi connectivity index (χ2v) is 7.36. The topological polar surface area (TPSA) is 97.7 Å².